The molecule has 0 bridgehead atoms. The fourth-order valence-corrected chi connectivity index (χ4v) is 4.67. The number of halogens is 2. The third kappa shape index (κ3) is 5.12. The number of urea groups is 1. The molecule has 0 radical (unpaired) electrons. The maximum atomic E-state index is 13.4. The molecule has 2 saturated heterocycles. The number of piperazine rings is 1. The highest BCUT2D eigenvalue weighted by molar-refractivity contribution is 5.91. The van der Waals surface area contributed by atoms with E-state index in [-0.39, 0.29) is 55.5 Å². The van der Waals surface area contributed by atoms with E-state index in [0.717, 1.165) is 11.1 Å². The van der Waals surface area contributed by atoms with Gasteiger partial charge < -0.3 is 15.1 Å². The van der Waals surface area contributed by atoms with Crippen LogP contribution in [0.25, 0.3) is 0 Å². The number of hydrogen-bond acceptors (Lipinski definition) is 4. The lowest BCUT2D eigenvalue weighted by Crippen LogP contribution is -2.76. The predicted molar refractivity (Wildman–Crippen MR) is 124 cm³/mol. The first kappa shape index (κ1) is 24.6. The van der Waals surface area contributed by atoms with Crippen molar-refractivity contribution in [2.24, 2.45) is 5.92 Å². The van der Waals surface area contributed by atoms with E-state index in [1.165, 1.54) is 34.2 Å². The Labute approximate surface area is 203 Å². The van der Waals surface area contributed by atoms with Gasteiger partial charge in [0.05, 0.1) is 13.1 Å². The lowest BCUT2D eigenvalue weighted by molar-refractivity contribution is -0.190. The second kappa shape index (κ2) is 9.99. The largest absolute Gasteiger partial charge is 0.334 e. The Morgan fingerprint density at radius 1 is 1.00 bits per heavy atom. The van der Waals surface area contributed by atoms with Crippen LogP contribution in [0.5, 0.6) is 0 Å². The quantitative estimate of drug-likeness (QED) is 0.707. The van der Waals surface area contributed by atoms with E-state index in [1.54, 1.807) is 41.2 Å². The number of fused-ring (bicyclic) bond motifs is 1. The van der Waals surface area contributed by atoms with Crippen molar-refractivity contribution in [3.8, 4) is 0 Å². The van der Waals surface area contributed by atoms with Crippen molar-refractivity contribution in [1.29, 1.82) is 0 Å². The number of hydrazine groups is 1. The molecule has 0 spiro atoms. The summed E-state index contributed by atoms with van der Waals surface area (Å²) in [5.74, 6) is -1.34. The highest BCUT2D eigenvalue weighted by Crippen LogP contribution is 2.30. The Balaban J connectivity index is 1.59. The van der Waals surface area contributed by atoms with Crippen molar-refractivity contribution < 1.29 is 23.2 Å². The van der Waals surface area contributed by atoms with Crippen LogP contribution in [0.2, 0.25) is 0 Å². The van der Waals surface area contributed by atoms with Crippen molar-refractivity contribution in [3.63, 3.8) is 0 Å². The van der Waals surface area contributed by atoms with Crippen LogP contribution in [0.4, 0.5) is 13.6 Å². The first-order valence-electron chi connectivity index (χ1n) is 11.5. The van der Waals surface area contributed by atoms with Gasteiger partial charge in [0.15, 0.2) is 0 Å². The number of nitrogens with one attached hydrogen (secondary N) is 1. The van der Waals surface area contributed by atoms with E-state index >= 15 is 0 Å². The van der Waals surface area contributed by atoms with Gasteiger partial charge in [-0.3, -0.25) is 9.59 Å². The lowest BCUT2D eigenvalue weighted by Gasteiger charge is -2.55. The van der Waals surface area contributed by atoms with Crippen LogP contribution in [0.3, 0.4) is 0 Å². The van der Waals surface area contributed by atoms with Crippen LogP contribution in [0.1, 0.15) is 25.0 Å². The predicted octanol–water partition coefficient (Wildman–Crippen LogP) is 2.56. The van der Waals surface area contributed by atoms with Crippen molar-refractivity contribution in [2.75, 3.05) is 20.1 Å². The van der Waals surface area contributed by atoms with Gasteiger partial charge in [0, 0.05) is 20.1 Å². The topological polar surface area (TPSA) is 76.2 Å². The van der Waals surface area contributed by atoms with Crippen molar-refractivity contribution >= 4 is 17.8 Å². The minimum Gasteiger partial charge on any atom is -0.333 e. The number of carbonyl (C=O) groups excluding carboxylic acids is 3. The standard InChI is InChI=1S/C25H29F2N5O3/c1-16(2)23-24(34)30(13-18-6-10-20(27)11-7-18)14-21-31(23)22(33)15-29(3)32(21)25(35)28-12-17-4-8-19(26)9-5-17/h4-11,16,21,23H,12-15H2,1-3H3,(H,28,35)/t21-,23-/m0/s1. The van der Waals surface area contributed by atoms with E-state index in [0.29, 0.717) is 0 Å². The highest BCUT2D eigenvalue weighted by atomic mass is 19.1. The van der Waals surface area contributed by atoms with Crippen LogP contribution in [-0.4, -0.2) is 70.0 Å². The summed E-state index contributed by atoms with van der Waals surface area (Å²) in [6.07, 6.45) is -0.708. The summed E-state index contributed by atoms with van der Waals surface area (Å²) in [5.41, 5.74) is 1.47. The first-order valence-corrected chi connectivity index (χ1v) is 11.5. The third-order valence-electron chi connectivity index (χ3n) is 6.35. The van der Waals surface area contributed by atoms with Gasteiger partial charge in [-0.2, -0.15) is 0 Å². The van der Waals surface area contributed by atoms with E-state index in [4.69, 9.17) is 0 Å². The molecular formula is C25H29F2N5O3. The van der Waals surface area contributed by atoms with E-state index < -0.39 is 18.2 Å². The zero-order valence-electron chi connectivity index (χ0n) is 19.9. The normalized spacial score (nSPS) is 20.9. The van der Waals surface area contributed by atoms with Gasteiger partial charge in [0.2, 0.25) is 11.8 Å². The molecule has 4 rings (SSSR count). The second-order valence-corrected chi connectivity index (χ2v) is 9.26. The molecule has 0 aromatic heterocycles. The molecule has 2 atom stereocenters. The summed E-state index contributed by atoms with van der Waals surface area (Å²) in [7, 11) is 1.65. The number of likely N-dealkylation sites (N-methyl/N-ethyl adjacent to an activating group) is 1. The van der Waals surface area contributed by atoms with Gasteiger partial charge in [0.25, 0.3) is 0 Å². The summed E-state index contributed by atoms with van der Waals surface area (Å²) < 4.78 is 26.6. The molecule has 186 valence electrons. The minimum atomic E-state index is -0.734. The Kier molecular flexibility index (Phi) is 7.02. The first-order chi connectivity index (χ1) is 16.7. The molecule has 4 amide bonds. The van der Waals surface area contributed by atoms with Crippen LogP contribution in [0, 0.1) is 17.6 Å². The molecule has 0 aliphatic carbocycles. The van der Waals surface area contributed by atoms with Gasteiger partial charge in [-0.15, -0.1) is 0 Å². The molecule has 1 N–H and O–H groups in total. The summed E-state index contributed by atoms with van der Waals surface area (Å²) in [4.78, 5) is 42.9. The smallest absolute Gasteiger partial charge is 0.333 e. The Hall–Kier alpha value is -3.53. The number of rotatable bonds is 5. The number of carbonyl (C=O) groups is 3. The van der Waals surface area contributed by atoms with Crippen molar-refractivity contribution in [2.45, 2.75) is 39.1 Å². The molecule has 10 heteroatoms. The van der Waals surface area contributed by atoms with Crippen LogP contribution in [-0.2, 0) is 22.7 Å². The summed E-state index contributed by atoms with van der Waals surface area (Å²) >= 11 is 0. The Bertz CT molecular complexity index is 1090. The molecule has 2 fully saturated rings. The van der Waals surface area contributed by atoms with Crippen LogP contribution >= 0.6 is 0 Å². The molecule has 2 heterocycles. The maximum Gasteiger partial charge on any atom is 0.334 e. The minimum absolute atomic E-state index is 0.0467. The lowest BCUT2D eigenvalue weighted by atomic mass is 9.96. The van der Waals surface area contributed by atoms with Gasteiger partial charge in [-0.1, -0.05) is 38.1 Å². The zero-order chi connectivity index (χ0) is 25.3. The van der Waals surface area contributed by atoms with E-state index in [2.05, 4.69) is 5.32 Å². The van der Waals surface area contributed by atoms with Gasteiger partial charge >= 0.3 is 6.03 Å². The number of benzene rings is 2. The molecule has 2 aliphatic heterocycles. The van der Waals surface area contributed by atoms with Gasteiger partial charge in [0.1, 0.15) is 23.8 Å². The Morgan fingerprint density at radius 2 is 1.57 bits per heavy atom. The van der Waals surface area contributed by atoms with Gasteiger partial charge in [-0.25, -0.2) is 23.6 Å². The third-order valence-corrected chi connectivity index (χ3v) is 6.35. The molecule has 0 saturated carbocycles. The van der Waals surface area contributed by atoms with E-state index in [1.807, 2.05) is 13.8 Å². The molecule has 2 aromatic carbocycles. The molecule has 8 nitrogen and oxygen atoms in total. The average Bonchev–Trinajstić information content (AvgIpc) is 2.81. The number of nitrogens with zero attached hydrogens (tertiary/aromatic N) is 4. The SMILES string of the molecule is CC(C)[C@H]1C(=O)N(Cc2ccc(F)cc2)C[C@H]2N1C(=O)CN(C)N2C(=O)NCc1ccc(F)cc1. The monoisotopic (exact) mass is 485 g/mol. The van der Waals surface area contributed by atoms with Crippen molar-refractivity contribution in [3.05, 3.63) is 71.3 Å². The second-order valence-electron chi connectivity index (χ2n) is 9.26. The number of hydrogen-bond donors (Lipinski definition) is 1. The molecule has 0 unspecified atom stereocenters. The highest BCUT2D eigenvalue weighted by Gasteiger charge is 2.51. The van der Waals surface area contributed by atoms with Gasteiger partial charge in [-0.05, 0) is 41.3 Å². The number of amides is 4. The Morgan fingerprint density at radius 3 is 2.14 bits per heavy atom. The molecule has 2 aliphatic rings. The van der Waals surface area contributed by atoms with E-state index in [9.17, 15) is 23.2 Å². The molecule has 2 aromatic rings. The summed E-state index contributed by atoms with van der Waals surface area (Å²) in [5, 5.41) is 5.84. The molecular weight excluding hydrogens is 456 g/mol. The molecule has 35 heavy (non-hydrogen) atoms. The van der Waals surface area contributed by atoms with Crippen LogP contribution < -0.4 is 5.32 Å². The zero-order valence-corrected chi connectivity index (χ0v) is 19.9. The average molecular weight is 486 g/mol. The van der Waals surface area contributed by atoms with Crippen molar-refractivity contribution in [1.82, 2.24) is 25.1 Å². The van der Waals surface area contributed by atoms with Crippen LogP contribution in [0.15, 0.2) is 48.5 Å². The summed E-state index contributed by atoms with van der Waals surface area (Å²) in [6, 6.07) is 10.6. The summed E-state index contributed by atoms with van der Waals surface area (Å²) in [6.45, 7) is 4.21. The fraction of sp³-hybridized carbons (Fsp3) is 0.400. The fourth-order valence-electron chi connectivity index (χ4n) is 4.67. The maximum absolute atomic E-state index is 13.4.